The van der Waals surface area contributed by atoms with Crippen LogP contribution < -0.4 is 9.05 Å². The second kappa shape index (κ2) is 8.61. The largest absolute Gasteiger partial charge is 0.587 e. The molecule has 0 bridgehead atoms. The van der Waals surface area contributed by atoms with E-state index in [1.807, 2.05) is 12.1 Å². The topological polar surface area (TPSA) is 44.8 Å². The normalized spacial score (nSPS) is 11.2. The van der Waals surface area contributed by atoms with E-state index in [2.05, 4.69) is 0 Å². The summed E-state index contributed by atoms with van der Waals surface area (Å²) in [5, 5.41) is 0.812. The van der Waals surface area contributed by atoms with Crippen LogP contribution in [0.1, 0.15) is 5.56 Å². The minimum Gasteiger partial charge on any atom is -0.395 e. The number of halogens is 2. The Bertz CT molecular complexity index is 838. The van der Waals surface area contributed by atoms with Gasteiger partial charge in [0, 0.05) is 15.6 Å². The highest BCUT2D eigenvalue weighted by Crippen LogP contribution is 2.50. The quantitative estimate of drug-likeness (QED) is 0.404. The minimum atomic E-state index is -3.99. The van der Waals surface area contributed by atoms with Gasteiger partial charge in [0.05, 0.1) is 6.61 Å². The summed E-state index contributed by atoms with van der Waals surface area (Å²) in [5.41, 5.74) is 0.504. The zero-order valence-electron chi connectivity index (χ0n) is 13.5. The van der Waals surface area contributed by atoms with Crippen molar-refractivity contribution in [1.82, 2.24) is 0 Å². The summed E-state index contributed by atoms with van der Waals surface area (Å²) in [5.74, 6) is 0.717. The SMILES string of the molecule is O=P(OCc1c(Cl)cccc1Cl)(Oc1ccccc1)Oc1ccccc1. The zero-order chi connectivity index (χ0) is 18.4. The molecule has 0 heterocycles. The summed E-state index contributed by atoms with van der Waals surface area (Å²) >= 11 is 12.3. The third-order valence-electron chi connectivity index (χ3n) is 3.35. The molecule has 4 nitrogen and oxygen atoms in total. The zero-order valence-corrected chi connectivity index (χ0v) is 16.0. The Kier molecular flexibility index (Phi) is 6.23. The van der Waals surface area contributed by atoms with Gasteiger partial charge < -0.3 is 9.05 Å². The predicted molar refractivity (Wildman–Crippen MR) is 103 cm³/mol. The van der Waals surface area contributed by atoms with Crippen LogP contribution in [0.15, 0.2) is 78.9 Å². The van der Waals surface area contributed by atoms with Crippen molar-refractivity contribution >= 4 is 31.0 Å². The van der Waals surface area contributed by atoms with Gasteiger partial charge in [-0.1, -0.05) is 65.7 Å². The highest BCUT2D eigenvalue weighted by atomic mass is 35.5. The average Bonchev–Trinajstić information content (AvgIpc) is 2.63. The minimum absolute atomic E-state index is 0.130. The van der Waals surface area contributed by atoms with E-state index in [-0.39, 0.29) is 6.61 Å². The Labute approximate surface area is 161 Å². The van der Waals surface area contributed by atoms with Gasteiger partial charge in [0.2, 0.25) is 0 Å². The van der Waals surface area contributed by atoms with Gasteiger partial charge in [-0.15, -0.1) is 0 Å². The molecule has 0 radical (unpaired) electrons. The van der Waals surface area contributed by atoms with Crippen LogP contribution in [0.5, 0.6) is 11.5 Å². The number of phosphoric acid groups is 1. The van der Waals surface area contributed by atoms with Crippen molar-refractivity contribution in [2.45, 2.75) is 6.61 Å². The molecule has 0 amide bonds. The Morgan fingerprint density at radius 3 is 1.62 bits per heavy atom. The molecule has 3 aromatic rings. The van der Waals surface area contributed by atoms with E-state index in [0.29, 0.717) is 27.1 Å². The number of para-hydroxylation sites is 2. The van der Waals surface area contributed by atoms with Crippen molar-refractivity contribution in [3.05, 3.63) is 94.5 Å². The Morgan fingerprint density at radius 1 is 0.692 bits per heavy atom. The van der Waals surface area contributed by atoms with Crippen molar-refractivity contribution in [3.63, 3.8) is 0 Å². The fraction of sp³-hybridized carbons (Fsp3) is 0.0526. The van der Waals surface area contributed by atoms with Crippen LogP contribution in [0.4, 0.5) is 0 Å². The first-order valence-electron chi connectivity index (χ1n) is 7.72. The molecule has 134 valence electrons. The number of hydrogen-bond acceptors (Lipinski definition) is 4. The van der Waals surface area contributed by atoms with Gasteiger partial charge in [-0.25, -0.2) is 4.57 Å². The van der Waals surface area contributed by atoms with E-state index >= 15 is 0 Å². The number of rotatable bonds is 7. The Morgan fingerprint density at radius 2 is 1.15 bits per heavy atom. The van der Waals surface area contributed by atoms with E-state index in [1.165, 1.54) is 0 Å². The molecule has 3 rings (SSSR count). The van der Waals surface area contributed by atoms with Crippen molar-refractivity contribution in [1.29, 1.82) is 0 Å². The third-order valence-corrected chi connectivity index (χ3v) is 5.37. The molecule has 7 heteroatoms. The lowest BCUT2D eigenvalue weighted by Gasteiger charge is -2.19. The standard InChI is InChI=1S/C19H15Cl2O4P/c20-18-12-7-13-19(21)17(18)14-23-26(22,24-15-8-3-1-4-9-15)25-16-10-5-2-6-11-16/h1-13H,14H2. The van der Waals surface area contributed by atoms with E-state index in [0.717, 1.165) is 0 Å². The van der Waals surface area contributed by atoms with Crippen molar-refractivity contribution < 1.29 is 18.1 Å². The van der Waals surface area contributed by atoms with Gasteiger partial charge >= 0.3 is 7.82 Å². The second-order valence-corrected chi connectivity index (χ2v) is 7.56. The maximum absolute atomic E-state index is 13.2. The van der Waals surface area contributed by atoms with E-state index in [9.17, 15) is 4.57 Å². The molecule has 0 atom stereocenters. The summed E-state index contributed by atoms with van der Waals surface area (Å²) in [6.07, 6.45) is 0. The first-order chi connectivity index (χ1) is 12.6. The molecule has 0 saturated carbocycles. The van der Waals surface area contributed by atoms with Crippen LogP contribution >= 0.6 is 31.0 Å². The van der Waals surface area contributed by atoms with E-state index in [1.54, 1.807) is 66.7 Å². The van der Waals surface area contributed by atoms with Crippen molar-refractivity contribution in [3.8, 4) is 11.5 Å². The van der Waals surface area contributed by atoms with Gasteiger partial charge in [0.25, 0.3) is 0 Å². The molecule has 0 spiro atoms. The molecule has 26 heavy (non-hydrogen) atoms. The maximum atomic E-state index is 13.2. The lowest BCUT2D eigenvalue weighted by molar-refractivity contribution is 0.201. The average molecular weight is 409 g/mol. The van der Waals surface area contributed by atoms with Gasteiger partial charge in [-0.2, -0.15) is 0 Å². The summed E-state index contributed by atoms with van der Waals surface area (Å²) in [4.78, 5) is 0. The third kappa shape index (κ3) is 5.03. The molecular formula is C19H15Cl2O4P. The summed E-state index contributed by atoms with van der Waals surface area (Å²) in [6.45, 7) is -0.130. The van der Waals surface area contributed by atoms with Crippen LogP contribution in [0.25, 0.3) is 0 Å². The molecule has 0 aliphatic rings. The van der Waals surface area contributed by atoms with Gasteiger partial charge in [0.1, 0.15) is 11.5 Å². The summed E-state index contributed by atoms with van der Waals surface area (Å²) in [6, 6.07) is 22.4. The van der Waals surface area contributed by atoms with E-state index < -0.39 is 7.82 Å². The molecule has 0 fully saturated rings. The van der Waals surface area contributed by atoms with Crippen LogP contribution in [0.3, 0.4) is 0 Å². The first-order valence-corrected chi connectivity index (χ1v) is 9.94. The van der Waals surface area contributed by atoms with Gasteiger partial charge in [-0.3, -0.25) is 4.52 Å². The highest BCUT2D eigenvalue weighted by molar-refractivity contribution is 7.49. The lowest BCUT2D eigenvalue weighted by Crippen LogP contribution is -2.06. The molecule has 0 aromatic heterocycles. The lowest BCUT2D eigenvalue weighted by atomic mass is 10.2. The summed E-state index contributed by atoms with van der Waals surface area (Å²) < 4.78 is 29.8. The number of benzene rings is 3. The van der Waals surface area contributed by atoms with E-state index in [4.69, 9.17) is 36.8 Å². The smallest absolute Gasteiger partial charge is 0.395 e. The first kappa shape index (κ1) is 18.8. The van der Waals surface area contributed by atoms with Crippen LogP contribution in [-0.4, -0.2) is 0 Å². The van der Waals surface area contributed by atoms with Gasteiger partial charge in [0.15, 0.2) is 0 Å². The molecule has 0 aliphatic carbocycles. The second-order valence-electron chi connectivity index (χ2n) is 5.23. The molecule has 0 saturated heterocycles. The molecule has 0 N–H and O–H groups in total. The fourth-order valence-corrected chi connectivity index (χ4v) is 3.80. The summed E-state index contributed by atoms with van der Waals surface area (Å²) in [7, 11) is -3.99. The van der Waals surface area contributed by atoms with Crippen molar-refractivity contribution in [2.75, 3.05) is 0 Å². The number of phosphoric ester groups is 1. The van der Waals surface area contributed by atoms with Crippen molar-refractivity contribution in [2.24, 2.45) is 0 Å². The predicted octanol–water partition coefficient (Wildman–Crippen LogP) is 6.78. The Hall–Kier alpha value is -1.97. The maximum Gasteiger partial charge on any atom is 0.587 e. The highest BCUT2D eigenvalue weighted by Gasteiger charge is 2.31. The monoisotopic (exact) mass is 408 g/mol. The number of hydrogen-bond donors (Lipinski definition) is 0. The molecular weight excluding hydrogens is 394 g/mol. The van der Waals surface area contributed by atoms with Crippen LogP contribution in [0.2, 0.25) is 10.0 Å². The van der Waals surface area contributed by atoms with Crippen LogP contribution in [0, 0.1) is 0 Å². The van der Waals surface area contributed by atoms with Gasteiger partial charge in [-0.05, 0) is 36.4 Å². The Balaban J connectivity index is 1.83. The fourth-order valence-electron chi connectivity index (χ4n) is 2.11. The van der Waals surface area contributed by atoms with Crippen LogP contribution in [-0.2, 0) is 15.7 Å². The molecule has 0 aliphatic heterocycles. The molecule has 0 unspecified atom stereocenters. The molecule has 3 aromatic carbocycles.